The van der Waals surface area contributed by atoms with E-state index in [1.165, 1.54) is 16.7 Å². The van der Waals surface area contributed by atoms with Crippen LogP contribution in [0.2, 0.25) is 0 Å². The van der Waals surface area contributed by atoms with E-state index in [2.05, 4.69) is 58.2 Å². The minimum absolute atomic E-state index is 0.0453. The van der Waals surface area contributed by atoms with Crippen molar-refractivity contribution in [2.24, 2.45) is 11.3 Å². The number of rotatable bonds is 6. The Morgan fingerprint density at radius 2 is 1.75 bits per heavy atom. The van der Waals surface area contributed by atoms with Crippen LogP contribution < -0.4 is 11.3 Å². The van der Waals surface area contributed by atoms with Gasteiger partial charge >= 0.3 is 0 Å². The summed E-state index contributed by atoms with van der Waals surface area (Å²) in [6.07, 6.45) is 0.966. The van der Waals surface area contributed by atoms with Gasteiger partial charge in [0.05, 0.1) is 12.1 Å². The van der Waals surface area contributed by atoms with E-state index in [0.29, 0.717) is 6.61 Å². The monoisotopic (exact) mass is 278 g/mol. The second-order valence-corrected chi connectivity index (χ2v) is 6.59. The number of hydrazine groups is 1. The van der Waals surface area contributed by atoms with Crippen LogP contribution in [0.1, 0.15) is 44.4 Å². The molecule has 0 spiro atoms. The molecular weight excluding hydrogens is 248 g/mol. The third-order valence-electron chi connectivity index (χ3n) is 3.85. The maximum absolute atomic E-state index is 5.97. The van der Waals surface area contributed by atoms with Crippen molar-refractivity contribution in [2.75, 3.05) is 6.61 Å². The second-order valence-electron chi connectivity index (χ2n) is 6.59. The largest absolute Gasteiger partial charge is 0.376 e. The van der Waals surface area contributed by atoms with Crippen LogP contribution in [0.3, 0.4) is 0 Å². The molecule has 0 saturated carbocycles. The van der Waals surface area contributed by atoms with Gasteiger partial charge in [-0.05, 0) is 49.3 Å². The third-order valence-corrected chi connectivity index (χ3v) is 3.85. The van der Waals surface area contributed by atoms with Crippen molar-refractivity contribution in [1.82, 2.24) is 5.43 Å². The summed E-state index contributed by atoms with van der Waals surface area (Å²) in [5.74, 6) is 5.82. The molecule has 0 saturated heterocycles. The van der Waals surface area contributed by atoms with E-state index in [9.17, 15) is 0 Å². The summed E-state index contributed by atoms with van der Waals surface area (Å²) in [6, 6.07) is 6.52. The molecule has 3 nitrogen and oxygen atoms in total. The molecule has 0 aliphatic carbocycles. The fourth-order valence-electron chi connectivity index (χ4n) is 2.79. The molecule has 0 radical (unpaired) electrons. The van der Waals surface area contributed by atoms with Crippen LogP contribution in [0, 0.1) is 19.3 Å². The lowest BCUT2D eigenvalue weighted by Gasteiger charge is -2.37. The molecule has 3 N–H and O–H groups in total. The zero-order valence-electron chi connectivity index (χ0n) is 13.8. The number of hydrogen-bond donors (Lipinski definition) is 2. The number of ether oxygens (including phenoxy) is 1. The number of benzene rings is 1. The zero-order chi connectivity index (χ0) is 15.3. The normalized spacial score (nSPS) is 15.2. The third kappa shape index (κ3) is 4.30. The summed E-state index contributed by atoms with van der Waals surface area (Å²) >= 11 is 0. The van der Waals surface area contributed by atoms with Gasteiger partial charge in [-0.15, -0.1) is 0 Å². The average Bonchev–Trinajstić information content (AvgIpc) is 2.35. The maximum atomic E-state index is 5.97. The van der Waals surface area contributed by atoms with Crippen molar-refractivity contribution in [3.05, 3.63) is 34.9 Å². The Balaban J connectivity index is 3.00. The summed E-state index contributed by atoms with van der Waals surface area (Å²) in [7, 11) is 0. The summed E-state index contributed by atoms with van der Waals surface area (Å²) in [6.45, 7) is 13.6. The molecule has 0 aliphatic rings. The molecule has 1 aromatic rings. The SMILES string of the molecule is CCOC(C(Cc1c(C)cccc1C)NN)C(C)(C)C. The molecule has 0 fully saturated rings. The van der Waals surface area contributed by atoms with Crippen LogP contribution in [0.15, 0.2) is 18.2 Å². The predicted molar refractivity (Wildman–Crippen MR) is 85.6 cm³/mol. The molecule has 0 bridgehead atoms. The van der Waals surface area contributed by atoms with Crippen LogP contribution >= 0.6 is 0 Å². The molecule has 1 rings (SSSR count). The van der Waals surface area contributed by atoms with Gasteiger partial charge in [0.25, 0.3) is 0 Å². The van der Waals surface area contributed by atoms with Crippen molar-refractivity contribution < 1.29 is 4.74 Å². The lowest BCUT2D eigenvalue weighted by Crippen LogP contribution is -2.52. The van der Waals surface area contributed by atoms with Gasteiger partial charge in [-0.1, -0.05) is 39.0 Å². The van der Waals surface area contributed by atoms with Crippen LogP contribution in [0.5, 0.6) is 0 Å². The standard InChI is InChI=1S/C17H30N2O/c1-7-20-16(17(4,5)6)15(19-18)11-14-12(2)9-8-10-13(14)3/h8-10,15-16,19H,7,11,18H2,1-6H3. The second kappa shape index (κ2) is 7.21. The van der Waals surface area contributed by atoms with Gasteiger partial charge < -0.3 is 4.74 Å². The van der Waals surface area contributed by atoms with E-state index in [0.717, 1.165) is 6.42 Å². The van der Waals surface area contributed by atoms with E-state index < -0.39 is 0 Å². The van der Waals surface area contributed by atoms with Crippen molar-refractivity contribution in [3.63, 3.8) is 0 Å². The Morgan fingerprint density at radius 1 is 1.20 bits per heavy atom. The molecule has 3 heteroatoms. The summed E-state index contributed by atoms with van der Waals surface area (Å²) in [4.78, 5) is 0. The Bertz CT molecular complexity index is 403. The first-order valence-corrected chi connectivity index (χ1v) is 7.44. The van der Waals surface area contributed by atoms with Crippen LogP contribution in [0.4, 0.5) is 0 Å². The minimum Gasteiger partial charge on any atom is -0.376 e. The fraction of sp³-hybridized carbons (Fsp3) is 0.647. The van der Waals surface area contributed by atoms with Gasteiger partial charge in [0.2, 0.25) is 0 Å². The first-order valence-electron chi connectivity index (χ1n) is 7.44. The Kier molecular flexibility index (Phi) is 6.18. The highest BCUT2D eigenvalue weighted by molar-refractivity contribution is 5.34. The van der Waals surface area contributed by atoms with E-state index in [1.807, 2.05) is 6.92 Å². The molecule has 114 valence electrons. The topological polar surface area (TPSA) is 47.3 Å². The smallest absolute Gasteiger partial charge is 0.0792 e. The number of aryl methyl sites for hydroxylation is 2. The highest BCUT2D eigenvalue weighted by atomic mass is 16.5. The van der Waals surface area contributed by atoms with Crippen LogP contribution in [-0.2, 0) is 11.2 Å². The average molecular weight is 278 g/mol. The molecule has 0 aliphatic heterocycles. The molecule has 20 heavy (non-hydrogen) atoms. The molecule has 0 amide bonds. The Hall–Kier alpha value is -0.900. The van der Waals surface area contributed by atoms with Gasteiger partial charge in [-0.3, -0.25) is 11.3 Å². The summed E-state index contributed by atoms with van der Waals surface area (Å²) in [5.41, 5.74) is 7.01. The van der Waals surface area contributed by atoms with Gasteiger partial charge in [-0.2, -0.15) is 0 Å². The highest BCUT2D eigenvalue weighted by Gasteiger charge is 2.32. The van der Waals surface area contributed by atoms with Gasteiger partial charge in [0, 0.05) is 6.61 Å². The lowest BCUT2D eigenvalue weighted by atomic mass is 9.81. The number of hydrogen-bond acceptors (Lipinski definition) is 3. The van der Waals surface area contributed by atoms with Crippen molar-refractivity contribution in [1.29, 1.82) is 0 Å². The zero-order valence-corrected chi connectivity index (χ0v) is 13.8. The fourth-order valence-corrected chi connectivity index (χ4v) is 2.79. The quantitative estimate of drug-likeness (QED) is 0.621. The van der Waals surface area contributed by atoms with E-state index >= 15 is 0 Å². The van der Waals surface area contributed by atoms with E-state index in [1.54, 1.807) is 0 Å². The maximum Gasteiger partial charge on any atom is 0.0792 e. The highest BCUT2D eigenvalue weighted by Crippen LogP contribution is 2.27. The molecule has 1 aromatic carbocycles. The Labute approximate surface area is 123 Å². The van der Waals surface area contributed by atoms with Crippen molar-refractivity contribution >= 4 is 0 Å². The molecule has 2 unspecified atom stereocenters. The van der Waals surface area contributed by atoms with Gasteiger partial charge in [0.1, 0.15) is 0 Å². The molecule has 2 atom stereocenters. The van der Waals surface area contributed by atoms with Crippen LogP contribution in [0.25, 0.3) is 0 Å². The Morgan fingerprint density at radius 3 is 2.15 bits per heavy atom. The minimum atomic E-state index is 0.0453. The summed E-state index contributed by atoms with van der Waals surface area (Å²) < 4.78 is 5.97. The molecule has 0 aromatic heterocycles. The van der Waals surface area contributed by atoms with Crippen molar-refractivity contribution in [3.8, 4) is 0 Å². The van der Waals surface area contributed by atoms with Crippen molar-refractivity contribution in [2.45, 2.75) is 60.1 Å². The lowest BCUT2D eigenvalue weighted by molar-refractivity contribution is -0.0356. The van der Waals surface area contributed by atoms with E-state index in [-0.39, 0.29) is 17.6 Å². The van der Waals surface area contributed by atoms with E-state index in [4.69, 9.17) is 10.6 Å². The molecular formula is C17H30N2O. The van der Waals surface area contributed by atoms with Gasteiger partial charge in [0.15, 0.2) is 0 Å². The first kappa shape index (κ1) is 17.2. The summed E-state index contributed by atoms with van der Waals surface area (Å²) in [5, 5.41) is 0. The van der Waals surface area contributed by atoms with Crippen LogP contribution in [-0.4, -0.2) is 18.8 Å². The first-order chi connectivity index (χ1) is 9.31. The molecule has 0 heterocycles. The predicted octanol–water partition coefficient (Wildman–Crippen LogP) is 3.13. The number of nitrogens with one attached hydrogen (secondary N) is 1. The number of nitrogens with two attached hydrogens (primary N) is 1. The van der Waals surface area contributed by atoms with Gasteiger partial charge in [-0.25, -0.2) is 0 Å².